The number of fused-ring (bicyclic) bond motifs is 2. The first-order chi connectivity index (χ1) is 27.7. The van der Waals surface area contributed by atoms with Crippen LogP contribution in [0.2, 0.25) is 0 Å². The topological polar surface area (TPSA) is 0 Å². The van der Waals surface area contributed by atoms with E-state index in [1.54, 1.807) is 17.8 Å². The Morgan fingerprint density at radius 3 is 1.80 bits per heavy atom. The molecule has 0 N–H and O–H groups in total. The zero-order valence-corrected chi connectivity index (χ0v) is 24.2. The van der Waals surface area contributed by atoms with E-state index in [1.807, 2.05) is 30.3 Å². The minimum atomic E-state index is -0.686. The van der Waals surface area contributed by atoms with Crippen LogP contribution < -0.4 is 0 Å². The molecule has 9 aromatic rings. The van der Waals surface area contributed by atoms with Gasteiger partial charge in [-0.3, -0.25) is 0 Å². The highest BCUT2D eigenvalue weighted by atomic mass is 32.2. The second kappa shape index (κ2) is 9.56. The van der Waals surface area contributed by atoms with E-state index in [0.29, 0.717) is 5.56 Å². The van der Waals surface area contributed by atoms with Gasteiger partial charge < -0.3 is 0 Å². The van der Waals surface area contributed by atoms with Crippen LogP contribution in [0.25, 0.3) is 87.6 Å². The average molecular weight is 600 g/mol. The number of hydrogen-bond acceptors (Lipinski definition) is 1. The van der Waals surface area contributed by atoms with E-state index in [0.717, 1.165) is 32.5 Å². The van der Waals surface area contributed by atoms with Crippen molar-refractivity contribution in [1.29, 1.82) is 0 Å². The SMILES string of the molecule is [2H]c1c([2H])c([2H])c(-c2c([2H])c([2H])c3c([2H])c([2H])c4c(-c5cccc(-c6ccc7c(c6)-c6cccc8cccc(c68)S7)c5)c([2H])c([2H])c5c([2H])c([2H])c2c3c54)c([2H])c1[2H]. The average Bonchev–Trinajstić information content (AvgIpc) is 3.22. The summed E-state index contributed by atoms with van der Waals surface area (Å²) in [5.74, 6) is 0. The van der Waals surface area contributed by atoms with Crippen LogP contribution in [0, 0.1) is 0 Å². The van der Waals surface area contributed by atoms with E-state index in [9.17, 15) is 8.22 Å². The van der Waals surface area contributed by atoms with Crippen molar-refractivity contribution in [2.45, 2.75) is 9.79 Å². The Kier molecular flexibility index (Phi) is 3.31. The highest BCUT2D eigenvalue weighted by molar-refractivity contribution is 7.99. The van der Waals surface area contributed by atoms with Gasteiger partial charge in [-0.15, -0.1) is 0 Å². The van der Waals surface area contributed by atoms with Crippen LogP contribution in [0.4, 0.5) is 0 Å². The Morgan fingerprint density at radius 2 is 1.02 bits per heavy atom. The molecule has 0 bridgehead atoms. The molecule has 1 aliphatic heterocycles. The minimum absolute atomic E-state index is 0.0117. The lowest BCUT2D eigenvalue weighted by atomic mass is 9.87. The van der Waals surface area contributed by atoms with Gasteiger partial charge >= 0.3 is 0 Å². The molecule has 10 rings (SSSR count). The summed E-state index contributed by atoms with van der Waals surface area (Å²) >= 11 is 1.71. The highest BCUT2D eigenvalue weighted by Gasteiger charge is 2.20. The molecular weight excluding hydrogens is 561 g/mol. The number of rotatable bonds is 3. The summed E-state index contributed by atoms with van der Waals surface area (Å²) in [6.07, 6.45) is 0. The predicted octanol–water partition coefficient (Wildman–Crippen LogP) is 12.9. The first-order valence-corrected chi connectivity index (χ1v) is 15.3. The Morgan fingerprint density at radius 1 is 0.378 bits per heavy atom. The van der Waals surface area contributed by atoms with Gasteiger partial charge in [-0.2, -0.15) is 0 Å². The molecule has 0 amide bonds. The minimum Gasteiger partial charge on any atom is -0.0888 e. The fourth-order valence-corrected chi connectivity index (χ4v) is 7.69. The molecule has 0 saturated carbocycles. The van der Waals surface area contributed by atoms with Crippen molar-refractivity contribution in [3.05, 3.63) is 157 Å². The predicted molar refractivity (Wildman–Crippen MR) is 194 cm³/mol. The third-order valence-corrected chi connectivity index (χ3v) is 9.73. The van der Waals surface area contributed by atoms with Gasteiger partial charge in [-0.25, -0.2) is 0 Å². The highest BCUT2D eigenvalue weighted by Crippen LogP contribution is 2.49. The van der Waals surface area contributed by atoms with Crippen LogP contribution in [0.3, 0.4) is 0 Å². The van der Waals surface area contributed by atoms with E-state index in [1.165, 1.54) is 10.3 Å². The molecule has 0 unspecified atom stereocenters. The normalized spacial score (nSPS) is 16.4. The van der Waals surface area contributed by atoms with Crippen LogP contribution >= 0.6 is 11.8 Å². The molecule has 0 aliphatic carbocycles. The third-order valence-electron chi connectivity index (χ3n) is 8.59. The van der Waals surface area contributed by atoms with Gasteiger partial charge in [0.1, 0.15) is 0 Å². The van der Waals surface area contributed by atoms with Crippen molar-refractivity contribution in [3.8, 4) is 44.5 Å². The van der Waals surface area contributed by atoms with E-state index in [4.69, 9.17) is 9.60 Å². The van der Waals surface area contributed by atoms with E-state index in [2.05, 4.69) is 42.5 Å². The van der Waals surface area contributed by atoms with Gasteiger partial charge in [0.25, 0.3) is 0 Å². The maximum absolute atomic E-state index is 9.37. The summed E-state index contributed by atoms with van der Waals surface area (Å²) in [5.41, 5.74) is 3.68. The molecule has 45 heavy (non-hydrogen) atoms. The van der Waals surface area contributed by atoms with Gasteiger partial charge in [0.2, 0.25) is 0 Å². The molecule has 1 aliphatic rings. The summed E-state index contributed by atoms with van der Waals surface area (Å²) in [4.78, 5) is 2.29. The number of hydrogen-bond donors (Lipinski definition) is 0. The van der Waals surface area contributed by atoms with E-state index < -0.39 is 78.1 Å². The van der Waals surface area contributed by atoms with Crippen LogP contribution in [-0.2, 0) is 0 Å². The van der Waals surface area contributed by atoms with Gasteiger partial charge in [0, 0.05) is 15.2 Å². The van der Waals surface area contributed by atoms with Crippen LogP contribution in [0.5, 0.6) is 0 Å². The summed E-state index contributed by atoms with van der Waals surface area (Å²) in [6.45, 7) is 0. The lowest BCUT2D eigenvalue weighted by molar-refractivity contribution is 1.39. The molecule has 0 aromatic heterocycles. The zero-order chi connectivity index (χ0) is 40.8. The summed E-state index contributed by atoms with van der Waals surface area (Å²) < 4.78 is 116. The van der Waals surface area contributed by atoms with E-state index in [-0.39, 0.29) is 49.5 Å². The molecular formula is C44H26S. The smallest absolute Gasteiger partial charge is 0.0630 e. The Bertz CT molecular complexity index is 3320. The van der Waals surface area contributed by atoms with Gasteiger partial charge in [-0.1, -0.05) is 145 Å². The molecule has 0 nitrogen and oxygen atoms in total. The van der Waals surface area contributed by atoms with Gasteiger partial charge in [0.05, 0.1) is 17.8 Å². The van der Waals surface area contributed by atoms with Crippen LogP contribution in [0.15, 0.2) is 167 Å². The fourth-order valence-electron chi connectivity index (χ4n) is 6.56. The van der Waals surface area contributed by atoms with Crippen molar-refractivity contribution in [1.82, 2.24) is 0 Å². The van der Waals surface area contributed by atoms with Crippen LogP contribution in [0.1, 0.15) is 17.8 Å². The standard InChI is InChI=1S/C44H26S/c1-2-7-27(8-3-1)34-20-15-29-18-23-38-35(21-16-30-17-22-37(34)43(29)44(30)38)33-12-4-11-31(25-33)32-19-24-40-39(26-32)36-13-5-9-28-10-6-14-41(45-40)42(28)36/h1-26H/i1D,2D,3D,7D,8D,15D,16D,17D,18D,20D,21D,22D,23D. The Hall–Kier alpha value is -5.37. The maximum Gasteiger partial charge on any atom is 0.0630 e. The van der Waals surface area contributed by atoms with Crippen molar-refractivity contribution in [2.24, 2.45) is 0 Å². The summed E-state index contributed by atoms with van der Waals surface area (Å²) in [5, 5.41) is 1.87. The van der Waals surface area contributed by atoms with Gasteiger partial charge in [-0.05, 0) is 106 Å². The summed E-state index contributed by atoms with van der Waals surface area (Å²) in [7, 11) is 0. The van der Waals surface area contributed by atoms with Crippen molar-refractivity contribution in [2.75, 3.05) is 0 Å². The molecule has 1 heteroatoms. The molecule has 0 radical (unpaired) electrons. The molecule has 208 valence electrons. The first kappa shape index (κ1) is 15.6. The molecule has 0 spiro atoms. The largest absolute Gasteiger partial charge is 0.0888 e. The zero-order valence-electron chi connectivity index (χ0n) is 36.4. The van der Waals surface area contributed by atoms with E-state index >= 15 is 0 Å². The quantitative estimate of drug-likeness (QED) is 0.182. The maximum atomic E-state index is 9.37. The summed E-state index contributed by atoms with van der Waals surface area (Å²) in [6, 6.07) is 18.8. The lowest BCUT2D eigenvalue weighted by Gasteiger charge is -2.21. The van der Waals surface area contributed by atoms with Crippen LogP contribution in [-0.4, -0.2) is 0 Å². The first-order valence-electron chi connectivity index (χ1n) is 21.0. The van der Waals surface area contributed by atoms with Gasteiger partial charge in [0.15, 0.2) is 0 Å². The molecule has 0 saturated heterocycles. The Labute approximate surface area is 284 Å². The molecule has 0 atom stereocenters. The second-order valence-electron chi connectivity index (χ2n) is 11.1. The Balaban J connectivity index is 1.28. The number of benzene rings is 9. The lowest BCUT2D eigenvalue weighted by Crippen LogP contribution is -1.93. The molecule has 0 fully saturated rings. The fraction of sp³-hybridized carbons (Fsp3) is 0. The molecule has 9 aromatic carbocycles. The molecule has 1 heterocycles. The monoisotopic (exact) mass is 599 g/mol. The van der Waals surface area contributed by atoms with Crippen molar-refractivity contribution in [3.63, 3.8) is 0 Å². The second-order valence-corrected chi connectivity index (χ2v) is 12.1. The van der Waals surface area contributed by atoms with Crippen molar-refractivity contribution >= 4 is 54.9 Å². The van der Waals surface area contributed by atoms with Crippen molar-refractivity contribution < 1.29 is 17.8 Å². The third kappa shape index (κ3) is 3.75.